The van der Waals surface area contributed by atoms with Crippen molar-refractivity contribution in [3.8, 4) is 5.75 Å². The first-order valence-electron chi connectivity index (χ1n) is 9.01. The van der Waals surface area contributed by atoms with Gasteiger partial charge in [-0.1, -0.05) is 25.1 Å². The van der Waals surface area contributed by atoms with Crippen LogP contribution in [-0.2, 0) is 4.79 Å². The second kappa shape index (κ2) is 8.56. The Morgan fingerprint density at radius 3 is 2.69 bits per heavy atom. The summed E-state index contributed by atoms with van der Waals surface area (Å²) < 4.78 is 10.8. The first-order chi connectivity index (χ1) is 12.7. The lowest BCUT2D eigenvalue weighted by Gasteiger charge is -2.21. The fraction of sp³-hybridized carbons (Fsp3) is 0.400. The minimum Gasteiger partial charge on any atom is -0.483 e. The molecule has 1 fully saturated rings. The van der Waals surface area contributed by atoms with E-state index >= 15 is 0 Å². The van der Waals surface area contributed by atoms with Crippen molar-refractivity contribution in [2.45, 2.75) is 32.2 Å². The van der Waals surface area contributed by atoms with Crippen molar-refractivity contribution in [3.63, 3.8) is 0 Å². The van der Waals surface area contributed by atoms with E-state index in [0.717, 1.165) is 31.5 Å². The number of hydrogen-bond donors (Lipinski definition) is 1. The zero-order valence-corrected chi connectivity index (χ0v) is 14.9. The first-order valence-corrected chi connectivity index (χ1v) is 9.01. The van der Waals surface area contributed by atoms with Gasteiger partial charge in [0, 0.05) is 18.7 Å². The summed E-state index contributed by atoms with van der Waals surface area (Å²) in [6.45, 7) is 3.62. The Bertz CT molecular complexity index is 736. The van der Waals surface area contributed by atoms with Gasteiger partial charge in [-0.2, -0.15) is 0 Å². The molecule has 2 aromatic rings. The topological polar surface area (TPSA) is 71.8 Å². The predicted molar refractivity (Wildman–Crippen MR) is 97.0 cm³/mol. The molecule has 6 nitrogen and oxygen atoms in total. The highest BCUT2D eigenvalue weighted by Gasteiger charge is 2.21. The number of furan rings is 1. The van der Waals surface area contributed by atoms with Gasteiger partial charge >= 0.3 is 0 Å². The molecule has 1 atom stereocenters. The third kappa shape index (κ3) is 4.25. The molecule has 1 saturated heterocycles. The van der Waals surface area contributed by atoms with Crippen molar-refractivity contribution < 1.29 is 18.7 Å². The maximum Gasteiger partial charge on any atom is 0.260 e. The number of nitrogens with zero attached hydrogens (tertiary/aromatic N) is 1. The van der Waals surface area contributed by atoms with E-state index in [1.165, 1.54) is 12.5 Å². The molecule has 0 unspecified atom stereocenters. The fourth-order valence-corrected chi connectivity index (χ4v) is 3.13. The summed E-state index contributed by atoms with van der Waals surface area (Å²) in [5, 5.41) is 2.99. The minimum absolute atomic E-state index is 0.00721. The van der Waals surface area contributed by atoms with Crippen molar-refractivity contribution in [2.24, 2.45) is 0 Å². The minimum atomic E-state index is -0.213. The number of carbonyl (C=O) groups is 2. The van der Waals surface area contributed by atoms with Gasteiger partial charge in [0.05, 0.1) is 17.9 Å². The summed E-state index contributed by atoms with van der Waals surface area (Å²) in [5.41, 5.74) is 1.34. The van der Waals surface area contributed by atoms with Crippen LogP contribution in [0.15, 0.2) is 47.3 Å². The van der Waals surface area contributed by atoms with Crippen molar-refractivity contribution in [3.05, 3.63) is 54.0 Å². The van der Waals surface area contributed by atoms with Gasteiger partial charge in [0.25, 0.3) is 11.8 Å². The van der Waals surface area contributed by atoms with Gasteiger partial charge in [-0.3, -0.25) is 9.59 Å². The lowest BCUT2D eigenvalue weighted by atomic mass is 10.0. The molecule has 0 radical (unpaired) electrons. The van der Waals surface area contributed by atoms with Crippen molar-refractivity contribution in [1.29, 1.82) is 0 Å². The third-order valence-corrected chi connectivity index (χ3v) is 4.60. The molecule has 2 heterocycles. The lowest BCUT2D eigenvalue weighted by molar-refractivity contribution is -0.132. The standard InChI is InChI=1S/C20H24N2O4/c1-2-17(21-20(24)15-9-12-25-13-15)16-7-3-4-8-18(16)26-14-19(23)22-10-5-6-11-22/h3-4,7-9,12-13,17H,2,5-6,10-11,14H2,1H3,(H,21,24)/t17-/m1/s1. The van der Waals surface area contributed by atoms with Crippen LogP contribution in [-0.4, -0.2) is 36.4 Å². The van der Waals surface area contributed by atoms with Gasteiger partial charge < -0.3 is 19.4 Å². The average molecular weight is 356 g/mol. The van der Waals surface area contributed by atoms with Crippen LogP contribution < -0.4 is 10.1 Å². The molecule has 0 bridgehead atoms. The summed E-state index contributed by atoms with van der Waals surface area (Å²) in [5.74, 6) is 0.431. The normalized spacial score (nSPS) is 14.9. The molecule has 3 rings (SSSR count). The second-order valence-corrected chi connectivity index (χ2v) is 6.36. The number of rotatable bonds is 7. The van der Waals surface area contributed by atoms with Gasteiger partial charge in [-0.15, -0.1) is 0 Å². The van der Waals surface area contributed by atoms with Crippen molar-refractivity contribution in [2.75, 3.05) is 19.7 Å². The zero-order chi connectivity index (χ0) is 18.4. The van der Waals surface area contributed by atoms with E-state index in [4.69, 9.17) is 9.15 Å². The number of hydrogen-bond acceptors (Lipinski definition) is 4. The number of ether oxygens (including phenoxy) is 1. The van der Waals surface area contributed by atoms with E-state index in [0.29, 0.717) is 17.7 Å². The van der Waals surface area contributed by atoms with Gasteiger partial charge in [-0.05, 0) is 31.4 Å². The Kier molecular flexibility index (Phi) is 5.94. The average Bonchev–Trinajstić information content (AvgIpc) is 3.38. The molecule has 0 aliphatic carbocycles. The SMILES string of the molecule is CC[C@@H](NC(=O)c1ccoc1)c1ccccc1OCC(=O)N1CCCC1. The summed E-state index contributed by atoms with van der Waals surface area (Å²) in [4.78, 5) is 26.4. The van der Waals surface area contributed by atoms with Gasteiger partial charge in [0.1, 0.15) is 12.0 Å². The quantitative estimate of drug-likeness (QED) is 0.827. The van der Waals surface area contributed by atoms with Crippen LogP contribution in [0.2, 0.25) is 0 Å². The van der Waals surface area contributed by atoms with E-state index in [2.05, 4.69) is 5.32 Å². The van der Waals surface area contributed by atoms with Crippen LogP contribution in [0.1, 0.15) is 48.1 Å². The molecule has 6 heteroatoms. The van der Waals surface area contributed by atoms with Crippen LogP contribution in [0, 0.1) is 0 Å². The Morgan fingerprint density at radius 1 is 1.23 bits per heavy atom. The number of benzene rings is 1. The molecular weight excluding hydrogens is 332 g/mol. The van der Waals surface area contributed by atoms with Crippen molar-refractivity contribution >= 4 is 11.8 Å². The highest BCUT2D eigenvalue weighted by molar-refractivity contribution is 5.94. The maximum absolute atomic E-state index is 12.3. The van der Waals surface area contributed by atoms with Crippen LogP contribution in [0.5, 0.6) is 5.75 Å². The molecule has 1 aliphatic rings. The summed E-state index contributed by atoms with van der Waals surface area (Å²) in [6.07, 6.45) is 5.70. The smallest absolute Gasteiger partial charge is 0.260 e. The first kappa shape index (κ1) is 18.0. The Morgan fingerprint density at radius 2 is 2.00 bits per heavy atom. The highest BCUT2D eigenvalue weighted by atomic mass is 16.5. The largest absolute Gasteiger partial charge is 0.483 e. The number of likely N-dealkylation sites (tertiary alicyclic amines) is 1. The number of carbonyl (C=O) groups excluding carboxylic acids is 2. The predicted octanol–water partition coefficient (Wildman–Crippen LogP) is 3.16. The summed E-state index contributed by atoms with van der Waals surface area (Å²) in [7, 11) is 0. The molecule has 2 amide bonds. The summed E-state index contributed by atoms with van der Waals surface area (Å²) in [6, 6.07) is 8.93. The fourth-order valence-electron chi connectivity index (χ4n) is 3.13. The molecule has 0 spiro atoms. The van der Waals surface area contributed by atoms with Crippen molar-refractivity contribution in [1.82, 2.24) is 10.2 Å². The van der Waals surface area contributed by atoms with Crippen LogP contribution in [0.3, 0.4) is 0 Å². The Hall–Kier alpha value is -2.76. The molecule has 0 saturated carbocycles. The molecule has 1 aromatic carbocycles. The molecular formula is C20H24N2O4. The van der Waals surface area contributed by atoms with E-state index in [-0.39, 0.29) is 24.5 Å². The van der Waals surface area contributed by atoms with E-state index < -0.39 is 0 Å². The van der Waals surface area contributed by atoms with Crippen LogP contribution >= 0.6 is 0 Å². The number of para-hydroxylation sites is 1. The Balaban J connectivity index is 1.68. The monoisotopic (exact) mass is 356 g/mol. The maximum atomic E-state index is 12.3. The lowest BCUT2D eigenvalue weighted by Crippen LogP contribution is -2.32. The van der Waals surface area contributed by atoms with E-state index in [1.54, 1.807) is 6.07 Å². The van der Waals surface area contributed by atoms with Crippen LogP contribution in [0.25, 0.3) is 0 Å². The second-order valence-electron chi connectivity index (χ2n) is 6.36. The number of amides is 2. The summed E-state index contributed by atoms with van der Waals surface area (Å²) >= 11 is 0. The Labute approximate surface area is 153 Å². The number of nitrogens with one attached hydrogen (secondary N) is 1. The highest BCUT2D eigenvalue weighted by Crippen LogP contribution is 2.27. The van der Waals surface area contributed by atoms with E-state index in [9.17, 15) is 9.59 Å². The molecule has 26 heavy (non-hydrogen) atoms. The molecule has 1 aromatic heterocycles. The molecule has 1 N–H and O–H groups in total. The van der Waals surface area contributed by atoms with Crippen LogP contribution in [0.4, 0.5) is 0 Å². The third-order valence-electron chi connectivity index (χ3n) is 4.60. The van der Waals surface area contributed by atoms with Gasteiger partial charge in [0.2, 0.25) is 0 Å². The van der Waals surface area contributed by atoms with E-state index in [1.807, 2.05) is 36.1 Å². The van der Waals surface area contributed by atoms with Gasteiger partial charge in [0.15, 0.2) is 6.61 Å². The molecule has 1 aliphatic heterocycles. The zero-order valence-electron chi connectivity index (χ0n) is 14.9. The molecule has 138 valence electrons. The van der Waals surface area contributed by atoms with Gasteiger partial charge in [-0.25, -0.2) is 0 Å².